The number of rotatable bonds is 5. The van der Waals surface area contributed by atoms with Gasteiger partial charge in [-0.2, -0.15) is 0 Å². The number of aromatic nitrogens is 7. The minimum atomic E-state index is 0.646. The van der Waals surface area contributed by atoms with Gasteiger partial charge in [0.05, 0.1) is 33.1 Å². The summed E-state index contributed by atoms with van der Waals surface area (Å²) in [6.07, 6.45) is 3.55. The number of nitrogens with zero attached hydrogens (tertiary/aromatic N) is 7. The summed E-state index contributed by atoms with van der Waals surface area (Å²) in [5.41, 5.74) is 10.7. The van der Waals surface area contributed by atoms with Crippen LogP contribution in [0.4, 0.5) is 0 Å². The molecule has 6 aromatic carbocycles. The molecule has 0 aliphatic heterocycles. The lowest BCUT2D eigenvalue weighted by molar-refractivity contribution is 0.673. The van der Waals surface area contributed by atoms with Gasteiger partial charge in [-0.3, -0.25) is 14.5 Å². The second-order valence-corrected chi connectivity index (χ2v) is 14.0. The van der Waals surface area contributed by atoms with Crippen molar-refractivity contribution in [3.05, 3.63) is 176 Å². The molecule has 12 rings (SSSR count). The van der Waals surface area contributed by atoms with E-state index in [1.54, 1.807) is 12.4 Å². The predicted octanol–water partition coefficient (Wildman–Crippen LogP) is 11.5. The van der Waals surface area contributed by atoms with Crippen molar-refractivity contribution >= 4 is 65.6 Å². The van der Waals surface area contributed by atoms with Crippen molar-refractivity contribution in [2.75, 3.05) is 0 Å². The quantitative estimate of drug-likeness (QED) is 0.177. The summed E-state index contributed by atoms with van der Waals surface area (Å²) < 4.78 is 13.3. The first-order chi connectivity index (χ1) is 27.8. The molecule has 12 aromatic rings. The Morgan fingerprint density at radius 1 is 0.375 bits per heavy atom. The molecule has 0 saturated heterocycles. The molecule has 0 saturated carbocycles. The summed E-state index contributed by atoms with van der Waals surface area (Å²) >= 11 is 0. The molecule has 8 nitrogen and oxygen atoms in total. The van der Waals surface area contributed by atoms with Crippen LogP contribution in [0.25, 0.3) is 106 Å². The van der Waals surface area contributed by atoms with E-state index >= 15 is 0 Å². The van der Waals surface area contributed by atoms with Gasteiger partial charge in [-0.15, -0.1) is 10.2 Å². The Morgan fingerprint density at radius 3 is 1.66 bits per heavy atom. The highest BCUT2D eigenvalue weighted by Gasteiger charge is 2.22. The van der Waals surface area contributed by atoms with Crippen LogP contribution in [-0.2, 0) is 0 Å². The maximum Gasteiger partial charge on any atom is 0.187 e. The number of hydrogen-bond donors (Lipinski definition) is 0. The SMILES string of the molecule is c1ccc(-c2nnc(-c3ccccn3)n2-c2ccc3c(c2)c2ccccc2n3-c2cccc(-n3c4ccccc4c4c5oc6ccccc6c5ccc43)c2)nc1. The average Bonchev–Trinajstić information content (AvgIpc) is 4.03. The van der Waals surface area contributed by atoms with E-state index in [0.29, 0.717) is 11.6 Å². The minimum absolute atomic E-state index is 0.646. The standard InChI is InChI=1S/C48H29N7O/c1-4-19-40-33(14-1)37-29-32(55-47(38-17-7-9-26-49-38)51-52-48(55)39-18-8-10-27-50-39)22-24-42(37)53(40)30-12-11-13-31(28-30)54-41-20-5-2-16-36(41)45-43(54)25-23-35-34-15-3-6-21-44(34)56-46(35)45/h1-29H. The van der Waals surface area contributed by atoms with Gasteiger partial charge in [0.1, 0.15) is 22.6 Å². The molecule has 0 atom stereocenters. The van der Waals surface area contributed by atoms with E-state index in [0.717, 1.165) is 94.0 Å². The molecule has 262 valence electrons. The number of furan rings is 1. The largest absolute Gasteiger partial charge is 0.455 e. The van der Waals surface area contributed by atoms with Crippen molar-refractivity contribution in [2.24, 2.45) is 0 Å². The molecule has 0 aliphatic rings. The van der Waals surface area contributed by atoms with E-state index in [1.165, 1.54) is 0 Å². The molecule has 0 N–H and O–H groups in total. The van der Waals surface area contributed by atoms with Gasteiger partial charge in [0.2, 0.25) is 0 Å². The van der Waals surface area contributed by atoms with Crippen LogP contribution < -0.4 is 0 Å². The highest BCUT2D eigenvalue weighted by Crippen LogP contribution is 2.41. The smallest absolute Gasteiger partial charge is 0.187 e. The van der Waals surface area contributed by atoms with Crippen LogP contribution in [0.3, 0.4) is 0 Å². The molecule has 6 aromatic heterocycles. The van der Waals surface area contributed by atoms with Crippen molar-refractivity contribution in [3.63, 3.8) is 0 Å². The van der Waals surface area contributed by atoms with Gasteiger partial charge in [-0.05, 0) is 91.0 Å². The third-order valence-corrected chi connectivity index (χ3v) is 10.9. The molecule has 0 fully saturated rings. The minimum Gasteiger partial charge on any atom is -0.455 e. The Morgan fingerprint density at radius 2 is 0.946 bits per heavy atom. The van der Waals surface area contributed by atoms with E-state index < -0.39 is 0 Å². The molecule has 0 unspecified atom stereocenters. The summed E-state index contributed by atoms with van der Waals surface area (Å²) in [4.78, 5) is 9.27. The monoisotopic (exact) mass is 719 g/mol. The van der Waals surface area contributed by atoms with Crippen LogP contribution in [0.2, 0.25) is 0 Å². The molecular weight excluding hydrogens is 691 g/mol. The van der Waals surface area contributed by atoms with Crippen molar-refractivity contribution < 1.29 is 4.42 Å². The third kappa shape index (κ3) is 4.41. The maximum absolute atomic E-state index is 6.57. The van der Waals surface area contributed by atoms with Crippen LogP contribution in [-0.4, -0.2) is 33.9 Å². The lowest BCUT2D eigenvalue weighted by Gasteiger charge is -2.13. The van der Waals surface area contributed by atoms with Crippen molar-refractivity contribution in [1.82, 2.24) is 33.9 Å². The number of hydrogen-bond acceptors (Lipinski definition) is 5. The fourth-order valence-electron chi connectivity index (χ4n) is 8.51. The Labute approximate surface area is 319 Å². The first-order valence-electron chi connectivity index (χ1n) is 18.6. The van der Waals surface area contributed by atoms with Crippen molar-refractivity contribution in [1.29, 1.82) is 0 Å². The molecule has 0 amide bonds. The normalized spacial score (nSPS) is 11.9. The van der Waals surface area contributed by atoms with Crippen molar-refractivity contribution in [2.45, 2.75) is 0 Å². The van der Waals surface area contributed by atoms with E-state index in [9.17, 15) is 0 Å². The highest BCUT2D eigenvalue weighted by molar-refractivity contribution is 6.23. The zero-order valence-corrected chi connectivity index (χ0v) is 29.8. The first kappa shape index (κ1) is 30.6. The fourth-order valence-corrected chi connectivity index (χ4v) is 8.51. The number of benzene rings is 6. The summed E-state index contributed by atoms with van der Waals surface area (Å²) in [7, 11) is 0. The van der Waals surface area contributed by atoms with Gasteiger partial charge in [0, 0.05) is 50.7 Å². The second-order valence-electron chi connectivity index (χ2n) is 14.0. The third-order valence-electron chi connectivity index (χ3n) is 10.9. The van der Waals surface area contributed by atoms with Crippen LogP contribution >= 0.6 is 0 Å². The van der Waals surface area contributed by atoms with Gasteiger partial charge >= 0.3 is 0 Å². The Balaban J connectivity index is 1.07. The average molecular weight is 720 g/mol. The molecule has 0 bridgehead atoms. The van der Waals surface area contributed by atoms with E-state index in [-0.39, 0.29) is 0 Å². The molecule has 6 heterocycles. The molecule has 0 spiro atoms. The molecule has 0 radical (unpaired) electrons. The fraction of sp³-hybridized carbons (Fsp3) is 0. The Kier molecular flexibility index (Phi) is 6.47. The van der Waals surface area contributed by atoms with E-state index in [2.05, 4.69) is 149 Å². The van der Waals surface area contributed by atoms with E-state index in [4.69, 9.17) is 4.42 Å². The van der Waals surface area contributed by atoms with Crippen LogP contribution in [0.5, 0.6) is 0 Å². The number of fused-ring (bicyclic) bond motifs is 10. The van der Waals surface area contributed by atoms with Crippen molar-refractivity contribution in [3.8, 4) is 40.1 Å². The summed E-state index contributed by atoms with van der Waals surface area (Å²) in [6.45, 7) is 0. The van der Waals surface area contributed by atoms with Gasteiger partial charge in [-0.1, -0.05) is 72.8 Å². The molecule has 8 heteroatoms. The molecule has 56 heavy (non-hydrogen) atoms. The summed E-state index contributed by atoms with van der Waals surface area (Å²) in [5, 5.41) is 16.1. The Hall–Kier alpha value is -7.84. The lowest BCUT2D eigenvalue weighted by atomic mass is 10.1. The summed E-state index contributed by atoms with van der Waals surface area (Å²) in [5.74, 6) is 1.29. The molecular formula is C48H29N7O. The zero-order chi connectivity index (χ0) is 36.7. The van der Waals surface area contributed by atoms with Gasteiger partial charge in [0.25, 0.3) is 0 Å². The zero-order valence-electron chi connectivity index (χ0n) is 29.8. The molecule has 0 aliphatic carbocycles. The second kappa shape index (κ2) is 11.8. The summed E-state index contributed by atoms with van der Waals surface area (Å²) in [6, 6.07) is 56.9. The lowest BCUT2D eigenvalue weighted by Crippen LogP contribution is -2.02. The van der Waals surface area contributed by atoms with Crippen LogP contribution in [0.1, 0.15) is 0 Å². The van der Waals surface area contributed by atoms with Gasteiger partial charge < -0.3 is 13.6 Å². The number of pyridine rings is 2. The number of para-hydroxylation sites is 3. The van der Waals surface area contributed by atoms with E-state index in [1.807, 2.05) is 48.5 Å². The van der Waals surface area contributed by atoms with Crippen LogP contribution in [0, 0.1) is 0 Å². The maximum atomic E-state index is 6.57. The van der Waals surface area contributed by atoms with Gasteiger partial charge in [0.15, 0.2) is 11.6 Å². The van der Waals surface area contributed by atoms with Crippen LogP contribution in [0.15, 0.2) is 181 Å². The topological polar surface area (TPSA) is 79.5 Å². The first-order valence-corrected chi connectivity index (χ1v) is 18.6. The Bertz CT molecular complexity index is 3430. The van der Waals surface area contributed by atoms with Gasteiger partial charge in [-0.25, -0.2) is 0 Å². The highest BCUT2D eigenvalue weighted by atomic mass is 16.3. The predicted molar refractivity (Wildman–Crippen MR) is 224 cm³/mol.